The summed E-state index contributed by atoms with van der Waals surface area (Å²) in [5, 5.41) is 3.73. The predicted octanol–water partition coefficient (Wildman–Crippen LogP) is 3.38. The Labute approximate surface area is 205 Å². The highest BCUT2D eigenvalue weighted by atomic mass is 35.5. The van der Waals surface area contributed by atoms with Crippen molar-refractivity contribution in [3.05, 3.63) is 52.4 Å². The largest absolute Gasteiger partial charge is 0.482 e. The maximum absolute atomic E-state index is 13.1. The summed E-state index contributed by atoms with van der Waals surface area (Å²) in [5.74, 6) is -0.875. The van der Waals surface area contributed by atoms with E-state index < -0.39 is 28.5 Å². The Balaban J connectivity index is 1.46. The molecule has 1 N–H and O–H groups in total. The van der Waals surface area contributed by atoms with Crippen molar-refractivity contribution in [2.24, 2.45) is 0 Å². The van der Waals surface area contributed by atoms with E-state index in [0.29, 0.717) is 23.8 Å². The standard InChI is InChI=1S/C22H21ClN2O7S2/c1-30-22(27)19-11-14-10-16(3-5-18(14)33-19)24-21(26)13-32-17-4-2-15(23)12-20(17)34(28,29)25-6-8-31-9-7-25/h2-5,10-12H,6-9,13H2,1H3,(H,24,26). The number of nitrogens with zero attached hydrogens (tertiary/aromatic N) is 1. The highest BCUT2D eigenvalue weighted by molar-refractivity contribution is 7.89. The fourth-order valence-corrected chi connectivity index (χ4v) is 6.15. The zero-order valence-corrected chi connectivity index (χ0v) is 20.5. The van der Waals surface area contributed by atoms with Crippen molar-refractivity contribution in [3.63, 3.8) is 0 Å². The topological polar surface area (TPSA) is 111 Å². The molecular formula is C22H21ClN2O7S2. The van der Waals surface area contributed by atoms with Crippen LogP contribution in [0.25, 0.3) is 10.1 Å². The van der Waals surface area contributed by atoms with E-state index in [1.165, 1.54) is 41.0 Å². The lowest BCUT2D eigenvalue weighted by molar-refractivity contribution is -0.118. The molecule has 9 nitrogen and oxygen atoms in total. The number of hydrogen-bond acceptors (Lipinski definition) is 8. The van der Waals surface area contributed by atoms with Crippen LogP contribution in [-0.2, 0) is 24.3 Å². The van der Waals surface area contributed by atoms with E-state index in [9.17, 15) is 18.0 Å². The number of anilines is 1. The quantitative estimate of drug-likeness (QED) is 0.471. The van der Waals surface area contributed by atoms with Gasteiger partial charge in [-0.3, -0.25) is 4.79 Å². The number of morpholine rings is 1. The molecule has 1 aromatic heterocycles. The number of methoxy groups -OCH3 is 1. The van der Waals surface area contributed by atoms with E-state index in [1.807, 2.05) is 0 Å². The molecule has 1 fully saturated rings. The summed E-state index contributed by atoms with van der Waals surface area (Å²) in [7, 11) is -2.56. The van der Waals surface area contributed by atoms with Gasteiger partial charge in [-0.1, -0.05) is 11.6 Å². The minimum Gasteiger partial charge on any atom is -0.482 e. The van der Waals surface area contributed by atoms with Crippen molar-refractivity contribution in [1.82, 2.24) is 4.31 Å². The molecule has 0 radical (unpaired) electrons. The first-order chi connectivity index (χ1) is 16.3. The molecule has 0 bridgehead atoms. The molecule has 0 atom stereocenters. The molecule has 0 unspecified atom stereocenters. The molecule has 0 aliphatic carbocycles. The number of amides is 1. The second kappa shape index (κ2) is 10.3. The molecule has 1 aliphatic rings. The molecule has 34 heavy (non-hydrogen) atoms. The fourth-order valence-electron chi connectivity index (χ4n) is 3.39. The Hall–Kier alpha value is -2.70. The third-order valence-corrected chi connectivity index (χ3v) is 8.29. The van der Waals surface area contributed by atoms with Gasteiger partial charge >= 0.3 is 5.97 Å². The number of benzene rings is 2. The van der Waals surface area contributed by atoms with E-state index in [2.05, 4.69) is 5.32 Å². The van der Waals surface area contributed by atoms with Crippen molar-refractivity contribution >= 4 is 60.6 Å². The zero-order chi connectivity index (χ0) is 24.3. The highest BCUT2D eigenvalue weighted by Crippen LogP contribution is 2.31. The Kier molecular flexibility index (Phi) is 7.39. The maximum atomic E-state index is 13.1. The average Bonchev–Trinajstić information content (AvgIpc) is 3.27. The number of sulfonamides is 1. The molecule has 1 aliphatic heterocycles. The van der Waals surface area contributed by atoms with Gasteiger partial charge in [-0.25, -0.2) is 13.2 Å². The lowest BCUT2D eigenvalue weighted by Crippen LogP contribution is -2.40. The van der Waals surface area contributed by atoms with Crippen molar-refractivity contribution < 1.29 is 32.2 Å². The second-order valence-corrected chi connectivity index (χ2v) is 10.7. The minimum absolute atomic E-state index is 0.0297. The number of nitrogens with one attached hydrogen (secondary N) is 1. The van der Waals surface area contributed by atoms with Crippen LogP contribution < -0.4 is 10.1 Å². The molecule has 2 heterocycles. The minimum atomic E-state index is -3.88. The van der Waals surface area contributed by atoms with Gasteiger partial charge in [0.15, 0.2) is 6.61 Å². The highest BCUT2D eigenvalue weighted by Gasteiger charge is 2.29. The number of thiophene rings is 1. The maximum Gasteiger partial charge on any atom is 0.348 e. The molecule has 0 spiro atoms. The van der Waals surface area contributed by atoms with Gasteiger partial charge in [0.2, 0.25) is 10.0 Å². The summed E-state index contributed by atoms with van der Waals surface area (Å²) < 4.78 is 43.9. The van der Waals surface area contributed by atoms with Crippen molar-refractivity contribution in [2.75, 3.05) is 45.3 Å². The van der Waals surface area contributed by atoms with Gasteiger partial charge in [0.1, 0.15) is 15.5 Å². The first-order valence-corrected chi connectivity index (χ1v) is 12.8. The van der Waals surface area contributed by atoms with Gasteiger partial charge in [-0.2, -0.15) is 4.31 Å². The monoisotopic (exact) mass is 524 g/mol. The SMILES string of the molecule is COC(=O)c1cc2cc(NC(=O)COc3ccc(Cl)cc3S(=O)(=O)N3CCOCC3)ccc2s1. The van der Waals surface area contributed by atoms with Crippen molar-refractivity contribution in [1.29, 1.82) is 0 Å². The number of carbonyl (C=O) groups is 2. The van der Waals surface area contributed by atoms with Gasteiger partial charge in [0, 0.05) is 28.5 Å². The van der Waals surface area contributed by atoms with Crippen molar-refractivity contribution in [2.45, 2.75) is 4.90 Å². The van der Waals surface area contributed by atoms with E-state index in [4.69, 9.17) is 25.8 Å². The molecule has 2 aromatic carbocycles. The summed E-state index contributed by atoms with van der Waals surface area (Å²) in [4.78, 5) is 24.6. The fraction of sp³-hybridized carbons (Fsp3) is 0.273. The predicted molar refractivity (Wildman–Crippen MR) is 128 cm³/mol. The van der Waals surface area contributed by atoms with Gasteiger partial charge < -0.3 is 19.5 Å². The number of hydrogen-bond donors (Lipinski definition) is 1. The molecule has 0 saturated carbocycles. The normalized spacial score (nSPS) is 14.6. The Morgan fingerprint density at radius 2 is 1.91 bits per heavy atom. The van der Waals surface area contributed by atoms with Crippen LogP contribution in [0.5, 0.6) is 5.75 Å². The zero-order valence-electron chi connectivity index (χ0n) is 18.1. The van der Waals surface area contributed by atoms with Crippen molar-refractivity contribution in [3.8, 4) is 5.75 Å². The molecule has 1 saturated heterocycles. The number of fused-ring (bicyclic) bond motifs is 1. The smallest absolute Gasteiger partial charge is 0.348 e. The first-order valence-electron chi connectivity index (χ1n) is 10.2. The van der Waals surface area contributed by atoms with Crippen LogP contribution in [0.1, 0.15) is 9.67 Å². The van der Waals surface area contributed by atoms with Gasteiger partial charge in [0.25, 0.3) is 5.91 Å². The van der Waals surface area contributed by atoms with Crippen LogP contribution in [0.4, 0.5) is 5.69 Å². The molecule has 12 heteroatoms. The Morgan fingerprint density at radius 1 is 1.15 bits per heavy atom. The molecule has 3 aromatic rings. The summed E-state index contributed by atoms with van der Waals surface area (Å²) in [6.07, 6.45) is 0. The van der Waals surface area contributed by atoms with E-state index in [1.54, 1.807) is 24.3 Å². The average molecular weight is 525 g/mol. The Bertz CT molecular complexity index is 1330. The van der Waals surface area contributed by atoms with Gasteiger partial charge in [-0.05, 0) is 47.9 Å². The summed E-state index contributed by atoms with van der Waals surface area (Å²) in [6.45, 7) is 0.624. The Morgan fingerprint density at radius 3 is 2.65 bits per heavy atom. The van der Waals surface area contributed by atoms with Gasteiger partial charge in [-0.15, -0.1) is 11.3 Å². The lowest BCUT2D eigenvalue weighted by Gasteiger charge is -2.26. The van der Waals surface area contributed by atoms with Crippen LogP contribution in [-0.4, -0.2) is 64.6 Å². The number of carbonyl (C=O) groups excluding carboxylic acids is 2. The molecule has 180 valence electrons. The third-order valence-electron chi connectivity index (χ3n) is 5.04. The van der Waals surface area contributed by atoms with Crippen LogP contribution in [0, 0.1) is 0 Å². The summed E-state index contributed by atoms with van der Waals surface area (Å²) in [5.41, 5.74) is 0.507. The molecular weight excluding hydrogens is 504 g/mol. The number of rotatable bonds is 7. The van der Waals surface area contributed by atoms with Crippen LogP contribution in [0.2, 0.25) is 5.02 Å². The second-order valence-electron chi connectivity index (χ2n) is 7.30. The summed E-state index contributed by atoms with van der Waals surface area (Å²) in [6, 6.07) is 11.1. The molecule has 4 rings (SSSR count). The van der Waals surface area contributed by atoms with Crippen LogP contribution in [0.15, 0.2) is 47.4 Å². The number of esters is 1. The van der Waals surface area contributed by atoms with E-state index >= 15 is 0 Å². The third kappa shape index (κ3) is 5.34. The van der Waals surface area contributed by atoms with E-state index in [0.717, 1.165) is 10.1 Å². The first kappa shape index (κ1) is 24.4. The summed E-state index contributed by atoms with van der Waals surface area (Å²) >= 11 is 7.33. The molecule has 1 amide bonds. The van der Waals surface area contributed by atoms with Gasteiger partial charge in [0.05, 0.1) is 20.3 Å². The number of ether oxygens (including phenoxy) is 3. The van der Waals surface area contributed by atoms with E-state index in [-0.39, 0.29) is 28.8 Å². The number of halogens is 1. The lowest BCUT2D eigenvalue weighted by atomic mass is 10.2. The van der Waals surface area contributed by atoms with Crippen LogP contribution >= 0.6 is 22.9 Å². The van der Waals surface area contributed by atoms with Crippen LogP contribution in [0.3, 0.4) is 0 Å².